The summed E-state index contributed by atoms with van der Waals surface area (Å²) >= 11 is 0. The Morgan fingerprint density at radius 1 is 0.760 bits per heavy atom. The maximum absolute atomic E-state index is 12.8. The van der Waals surface area contributed by atoms with E-state index in [0.717, 1.165) is 0 Å². The third kappa shape index (κ3) is 3.84. The number of benzene rings is 3. The molecule has 0 heterocycles. The van der Waals surface area contributed by atoms with Crippen molar-refractivity contribution in [1.29, 1.82) is 0 Å². The van der Waals surface area contributed by atoms with E-state index in [1.165, 1.54) is 0 Å². The molecule has 0 atom stereocenters. The molecule has 3 N–H and O–H groups in total. The number of hydrogen-bond donors (Lipinski definition) is 2. The minimum Gasteiger partial charge on any atom is -0.454 e. The summed E-state index contributed by atoms with van der Waals surface area (Å²) in [6, 6.07) is 22.1. The lowest BCUT2D eigenvalue weighted by Gasteiger charge is -2.13. The van der Waals surface area contributed by atoms with Gasteiger partial charge in [-0.25, -0.2) is 4.79 Å². The number of amides is 2. The second kappa shape index (κ2) is 7.31. The highest BCUT2D eigenvalue weighted by Gasteiger charge is 2.15. The van der Waals surface area contributed by atoms with Crippen LogP contribution in [0.3, 0.4) is 0 Å². The molecule has 124 valence electrons. The van der Waals surface area contributed by atoms with Gasteiger partial charge in [-0.3, -0.25) is 4.79 Å². The number of nitrogens with two attached hydrogens (primary N) is 1. The molecule has 3 aromatic carbocycles. The molecule has 3 rings (SSSR count). The van der Waals surface area contributed by atoms with Gasteiger partial charge >= 0.3 is 6.03 Å². The topological polar surface area (TPSA) is 81.4 Å². The second-order valence-electron chi connectivity index (χ2n) is 5.28. The number of carbonyl (C=O) groups excluding carboxylic acids is 2. The molecule has 0 aliphatic carbocycles. The normalized spacial score (nSPS) is 10.1. The molecular formula is C20H16N2O3. The van der Waals surface area contributed by atoms with Crippen LogP contribution in [0, 0.1) is 0 Å². The number of ketones is 1. The van der Waals surface area contributed by atoms with Gasteiger partial charge in [-0.1, -0.05) is 54.6 Å². The van der Waals surface area contributed by atoms with Gasteiger partial charge in [0.1, 0.15) is 5.75 Å². The highest BCUT2D eigenvalue weighted by molar-refractivity contribution is 6.10. The molecule has 25 heavy (non-hydrogen) atoms. The van der Waals surface area contributed by atoms with E-state index in [2.05, 4.69) is 5.32 Å². The van der Waals surface area contributed by atoms with Crippen molar-refractivity contribution in [3.05, 3.63) is 90.0 Å². The van der Waals surface area contributed by atoms with Crippen LogP contribution in [0.15, 0.2) is 78.9 Å². The van der Waals surface area contributed by atoms with Crippen LogP contribution < -0.4 is 15.8 Å². The van der Waals surface area contributed by atoms with E-state index in [0.29, 0.717) is 28.3 Å². The van der Waals surface area contributed by atoms with Gasteiger partial charge in [0.25, 0.3) is 0 Å². The van der Waals surface area contributed by atoms with Gasteiger partial charge in [-0.2, -0.15) is 0 Å². The third-order valence-electron chi connectivity index (χ3n) is 3.53. The van der Waals surface area contributed by atoms with Crippen molar-refractivity contribution >= 4 is 17.5 Å². The van der Waals surface area contributed by atoms with Gasteiger partial charge in [0.2, 0.25) is 0 Å². The molecule has 5 heteroatoms. The van der Waals surface area contributed by atoms with Crippen molar-refractivity contribution in [3.63, 3.8) is 0 Å². The molecule has 0 saturated heterocycles. The summed E-state index contributed by atoms with van der Waals surface area (Å²) in [4.78, 5) is 23.9. The summed E-state index contributed by atoms with van der Waals surface area (Å²) in [7, 11) is 0. The first-order chi connectivity index (χ1) is 12.1. The summed E-state index contributed by atoms with van der Waals surface area (Å²) in [5.41, 5.74) is 6.61. The molecule has 3 aromatic rings. The molecule has 2 amide bonds. The van der Waals surface area contributed by atoms with Crippen molar-refractivity contribution in [2.75, 3.05) is 5.32 Å². The Balaban J connectivity index is 1.95. The Hall–Kier alpha value is -3.60. The van der Waals surface area contributed by atoms with Gasteiger partial charge in [0.15, 0.2) is 11.5 Å². The SMILES string of the molecule is NC(=O)Nc1ccccc1Oc1ccccc1C(=O)c1ccccc1. The fourth-order valence-electron chi connectivity index (χ4n) is 2.40. The van der Waals surface area contributed by atoms with Gasteiger partial charge in [0.05, 0.1) is 11.3 Å². The monoisotopic (exact) mass is 332 g/mol. The zero-order valence-electron chi connectivity index (χ0n) is 13.3. The fraction of sp³-hybridized carbons (Fsp3) is 0. The number of para-hydroxylation sites is 3. The standard InChI is InChI=1S/C20H16N2O3/c21-20(24)22-16-11-5-7-13-18(16)25-17-12-6-4-10-15(17)19(23)14-8-2-1-3-9-14/h1-13H,(H3,21,22,24). The van der Waals surface area contributed by atoms with Crippen molar-refractivity contribution in [1.82, 2.24) is 0 Å². The summed E-state index contributed by atoms with van der Waals surface area (Å²) in [5.74, 6) is 0.654. The lowest BCUT2D eigenvalue weighted by molar-refractivity contribution is 0.103. The first-order valence-corrected chi connectivity index (χ1v) is 7.67. The van der Waals surface area contributed by atoms with E-state index >= 15 is 0 Å². The van der Waals surface area contributed by atoms with Crippen molar-refractivity contribution in [2.45, 2.75) is 0 Å². The summed E-state index contributed by atoms with van der Waals surface area (Å²) < 4.78 is 5.89. The van der Waals surface area contributed by atoms with Gasteiger partial charge in [0, 0.05) is 5.56 Å². The molecule has 0 aromatic heterocycles. The number of hydrogen-bond acceptors (Lipinski definition) is 3. The number of anilines is 1. The highest BCUT2D eigenvalue weighted by atomic mass is 16.5. The Morgan fingerprint density at radius 3 is 2.08 bits per heavy atom. The van der Waals surface area contributed by atoms with Gasteiger partial charge in [-0.05, 0) is 24.3 Å². The summed E-state index contributed by atoms with van der Waals surface area (Å²) in [5, 5.41) is 2.50. The summed E-state index contributed by atoms with van der Waals surface area (Å²) in [6.07, 6.45) is 0. The molecule has 0 bridgehead atoms. The predicted octanol–water partition coefficient (Wildman–Crippen LogP) is 4.20. The second-order valence-corrected chi connectivity index (χ2v) is 5.28. The Labute approximate surface area is 145 Å². The molecule has 0 unspecified atom stereocenters. The molecule has 0 radical (unpaired) electrons. The highest BCUT2D eigenvalue weighted by Crippen LogP contribution is 2.32. The number of rotatable bonds is 5. The quantitative estimate of drug-likeness (QED) is 0.687. The average Bonchev–Trinajstić information content (AvgIpc) is 2.63. The van der Waals surface area contributed by atoms with Crippen LogP contribution in [0.1, 0.15) is 15.9 Å². The van der Waals surface area contributed by atoms with Crippen LogP contribution >= 0.6 is 0 Å². The minimum atomic E-state index is -0.690. The Kier molecular flexibility index (Phi) is 4.76. The lowest BCUT2D eigenvalue weighted by Crippen LogP contribution is -2.19. The first-order valence-electron chi connectivity index (χ1n) is 7.67. The van der Waals surface area contributed by atoms with Crippen LogP contribution in [0.5, 0.6) is 11.5 Å². The van der Waals surface area contributed by atoms with Crippen molar-refractivity contribution in [3.8, 4) is 11.5 Å². The van der Waals surface area contributed by atoms with E-state index in [-0.39, 0.29) is 5.78 Å². The maximum atomic E-state index is 12.8. The average molecular weight is 332 g/mol. The Bertz CT molecular complexity index is 908. The lowest BCUT2D eigenvalue weighted by atomic mass is 10.0. The number of primary amides is 1. The minimum absolute atomic E-state index is 0.142. The van der Waals surface area contributed by atoms with Gasteiger partial charge in [-0.15, -0.1) is 0 Å². The molecule has 5 nitrogen and oxygen atoms in total. The smallest absolute Gasteiger partial charge is 0.316 e. The zero-order chi connectivity index (χ0) is 17.6. The van der Waals surface area contributed by atoms with Crippen LogP contribution in [-0.2, 0) is 0 Å². The fourth-order valence-corrected chi connectivity index (χ4v) is 2.40. The molecule has 0 aliphatic heterocycles. The van der Waals surface area contributed by atoms with E-state index in [1.807, 2.05) is 18.2 Å². The predicted molar refractivity (Wildman–Crippen MR) is 96.0 cm³/mol. The summed E-state index contributed by atoms with van der Waals surface area (Å²) in [6.45, 7) is 0. The molecular weight excluding hydrogens is 316 g/mol. The number of nitrogens with one attached hydrogen (secondary N) is 1. The first kappa shape index (κ1) is 16.3. The maximum Gasteiger partial charge on any atom is 0.316 e. The number of ether oxygens (including phenoxy) is 1. The van der Waals surface area contributed by atoms with Crippen LogP contribution in [0.25, 0.3) is 0 Å². The van der Waals surface area contributed by atoms with E-state index in [4.69, 9.17) is 10.5 Å². The molecule has 0 fully saturated rings. The third-order valence-corrected chi connectivity index (χ3v) is 3.53. The van der Waals surface area contributed by atoms with Crippen molar-refractivity contribution in [2.24, 2.45) is 5.73 Å². The number of urea groups is 1. The van der Waals surface area contributed by atoms with Crippen LogP contribution in [-0.4, -0.2) is 11.8 Å². The van der Waals surface area contributed by atoms with Crippen LogP contribution in [0.4, 0.5) is 10.5 Å². The Morgan fingerprint density at radius 2 is 1.36 bits per heavy atom. The van der Waals surface area contributed by atoms with E-state index in [1.54, 1.807) is 60.7 Å². The van der Waals surface area contributed by atoms with E-state index in [9.17, 15) is 9.59 Å². The zero-order valence-corrected chi connectivity index (χ0v) is 13.3. The van der Waals surface area contributed by atoms with Gasteiger partial charge < -0.3 is 15.8 Å². The largest absolute Gasteiger partial charge is 0.454 e. The molecule has 0 saturated carbocycles. The molecule has 0 spiro atoms. The van der Waals surface area contributed by atoms with Crippen molar-refractivity contribution < 1.29 is 14.3 Å². The van der Waals surface area contributed by atoms with Crippen LogP contribution in [0.2, 0.25) is 0 Å². The number of carbonyl (C=O) groups is 2. The van der Waals surface area contributed by atoms with E-state index < -0.39 is 6.03 Å². The molecule has 0 aliphatic rings.